The van der Waals surface area contributed by atoms with E-state index in [2.05, 4.69) is 36.3 Å². The fourth-order valence-corrected chi connectivity index (χ4v) is 6.60. The van der Waals surface area contributed by atoms with Gasteiger partial charge in [-0.05, 0) is 89.0 Å². The van der Waals surface area contributed by atoms with Crippen LogP contribution >= 0.6 is 11.6 Å². The Labute approximate surface area is 237 Å². The molecule has 2 amide bonds. The molecular formula is C31H44ClF2N3O2. The van der Waals surface area contributed by atoms with Crippen molar-refractivity contribution in [2.75, 3.05) is 19.6 Å². The average Bonchev–Trinajstić information content (AvgIpc) is 3.57. The Morgan fingerprint density at radius 2 is 1.87 bits per heavy atom. The number of alkyl halides is 1. The number of hydrogen-bond donors (Lipinski definition) is 2. The second kappa shape index (κ2) is 13.1. The summed E-state index contributed by atoms with van der Waals surface area (Å²) in [6.45, 7) is 7.89. The van der Waals surface area contributed by atoms with Crippen molar-refractivity contribution in [1.82, 2.24) is 15.5 Å². The molecule has 1 saturated carbocycles. The first-order valence-corrected chi connectivity index (χ1v) is 15.0. The minimum absolute atomic E-state index is 0.0759. The van der Waals surface area contributed by atoms with Crippen molar-refractivity contribution in [1.29, 1.82) is 0 Å². The molecule has 216 valence electrons. The van der Waals surface area contributed by atoms with Crippen LogP contribution in [0.4, 0.5) is 8.78 Å². The van der Waals surface area contributed by atoms with Gasteiger partial charge < -0.3 is 10.6 Å². The Kier molecular flexibility index (Phi) is 10.1. The van der Waals surface area contributed by atoms with E-state index in [1.54, 1.807) is 6.08 Å². The van der Waals surface area contributed by atoms with Crippen LogP contribution < -0.4 is 10.6 Å². The standard InChI is InChI=1S/C31H44ClF2N3O2/c1-31(2,3)37-18-25(24-15-14-23(33)17-27(24)34)26(19-37)30(39)35-16-6-9-28(20-10-12-22(32)13-11-20)36-29(38)21-7-4-5-8-21/h10,12,14-15,17,21,24-28H,4-9,11,13,16,18-19H2,1-3H3,(H,35,39)(H,36,38)/t24?,25-,26+,27?,28?/m0/s1. The Hall–Kier alpha value is -1.99. The lowest BCUT2D eigenvalue weighted by atomic mass is 9.79. The van der Waals surface area contributed by atoms with E-state index in [0.717, 1.165) is 56.1 Å². The largest absolute Gasteiger partial charge is 0.356 e. The zero-order valence-corrected chi connectivity index (χ0v) is 24.3. The molecule has 3 unspecified atom stereocenters. The van der Waals surface area contributed by atoms with E-state index in [1.807, 2.05) is 12.2 Å². The van der Waals surface area contributed by atoms with Crippen LogP contribution in [-0.4, -0.2) is 54.1 Å². The van der Waals surface area contributed by atoms with E-state index >= 15 is 0 Å². The molecule has 2 fully saturated rings. The predicted octanol–water partition coefficient (Wildman–Crippen LogP) is 6.12. The molecule has 1 aliphatic heterocycles. The van der Waals surface area contributed by atoms with Crippen LogP contribution in [0.2, 0.25) is 0 Å². The van der Waals surface area contributed by atoms with Gasteiger partial charge in [-0.15, -0.1) is 0 Å². The Balaban J connectivity index is 1.36. The average molecular weight is 564 g/mol. The second-order valence-electron chi connectivity index (χ2n) is 12.6. The van der Waals surface area contributed by atoms with Gasteiger partial charge in [0, 0.05) is 42.0 Å². The highest BCUT2D eigenvalue weighted by Gasteiger charge is 2.46. The summed E-state index contributed by atoms with van der Waals surface area (Å²) in [4.78, 5) is 28.5. The van der Waals surface area contributed by atoms with Gasteiger partial charge in [-0.2, -0.15) is 0 Å². The number of rotatable bonds is 9. The molecule has 8 heteroatoms. The molecule has 0 bridgehead atoms. The molecule has 0 aromatic carbocycles. The van der Waals surface area contributed by atoms with Crippen LogP contribution in [0.15, 0.2) is 46.8 Å². The summed E-state index contributed by atoms with van der Waals surface area (Å²) in [6, 6.07) is -0.0759. The lowest BCUT2D eigenvalue weighted by molar-refractivity contribution is -0.127. The van der Waals surface area contributed by atoms with Gasteiger partial charge in [0.2, 0.25) is 11.8 Å². The highest BCUT2D eigenvalue weighted by atomic mass is 35.5. The smallest absolute Gasteiger partial charge is 0.224 e. The first-order valence-electron chi connectivity index (χ1n) is 14.6. The minimum Gasteiger partial charge on any atom is -0.356 e. The second-order valence-corrected chi connectivity index (χ2v) is 13.1. The maximum absolute atomic E-state index is 14.9. The van der Waals surface area contributed by atoms with Crippen molar-refractivity contribution in [3.8, 4) is 0 Å². The Bertz CT molecular complexity index is 1030. The highest BCUT2D eigenvalue weighted by molar-refractivity contribution is 6.29. The summed E-state index contributed by atoms with van der Waals surface area (Å²) in [5.74, 6) is -1.56. The van der Waals surface area contributed by atoms with Gasteiger partial charge in [0.05, 0.1) is 12.0 Å². The number of amides is 2. The van der Waals surface area contributed by atoms with E-state index < -0.39 is 17.9 Å². The topological polar surface area (TPSA) is 61.4 Å². The van der Waals surface area contributed by atoms with E-state index in [-0.39, 0.29) is 41.1 Å². The third-order valence-electron chi connectivity index (χ3n) is 8.90. The number of halogens is 3. The van der Waals surface area contributed by atoms with Crippen LogP contribution in [0.1, 0.15) is 72.1 Å². The number of carbonyl (C=O) groups is 2. The molecule has 3 aliphatic carbocycles. The van der Waals surface area contributed by atoms with E-state index in [4.69, 9.17) is 11.6 Å². The van der Waals surface area contributed by atoms with Gasteiger partial charge in [0.25, 0.3) is 0 Å². The van der Waals surface area contributed by atoms with Crippen molar-refractivity contribution < 1.29 is 18.4 Å². The number of nitrogens with zero attached hydrogens (tertiary/aromatic N) is 1. The molecule has 0 spiro atoms. The highest BCUT2D eigenvalue weighted by Crippen LogP contribution is 2.39. The van der Waals surface area contributed by atoms with Crippen molar-refractivity contribution in [3.63, 3.8) is 0 Å². The molecule has 1 heterocycles. The third kappa shape index (κ3) is 7.81. The number of carbonyl (C=O) groups excluding carboxylic acids is 2. The lowest BCUT2D eigenvalue weighted by Gasteiger charge is -2.32. The summed E-state index contributed by atoms with van der Waals surface area (Å²) in [6.07, 6.45) is 13.6. The first kappa shape index (κ1) is 30.0. The molecule has 39 heavy (non-hydrogen) atoms. The molecule has 5 atom stereocenters. The number of likely N-dealkylation sites (tertiary alicyclic amines) is 1. The molecule has 0 aromatic heterocycles. The number of nitrogens with one attached hydrogen (secondary N) is 2. The molecule has 2 N–H and O–H groups in total. The van der Waals surface area contributed by atoms with Crippen LogP contribution in [0.3, 0.4) is 0 Å². The van der Waals surface area contributed by atoms with Crippen molar-refractivity contribution in [2.45, 2.75) is 89.9 Å². The van der Waals surface area contributed by atoms with Gasteiger partial charge in [-0.1, -0.05) is 36.6 Å². The summed E-state index contributed by atoms with van der Waals surface area (Å²) in [5, 5.41) is 7.20. The lowest BCUT2D eigenvalue weighted by Crippen LogP contribution is -2.42. The van der Waals surface area contributed by atoms with Crippen molar-refractivity contribution in [3.05, 3.63) is 46.8 Å². The van der Waals surface area contributed by atoms with E-state index in [0.29, 0.717) is 26.1 Å². The quantitative estimate of drug-likeness (QED) is 0.332. The van der Waals surface area contributed by atoms with Crippen molar-refractivity contribution in [2.24, 2.45) is 23.7 Å². The van der Waals surface area contributed by atoms with Crippen LogP contribution in [-0.2, 0) is 9.59 Å². The maximum Gasteiger partial charge on any atom is 0.224 e. The molecule has 0 radical (unpaired) electrons. The molecule has 4 rings (SSSR count). The molecule has 4 aliphatic rings. The molecule has 0 aromatic rings. The van der Waals surface area contributed by atoms with Gasteiger partial charge in [-0.3, -0.25) is 14.5 Å². The summed E-state index contributed by atoms with van der Waals surface area (Å²) in [5.41, 5.74) is 1.01. The van der Waals surface area contributed by atoms with Crippen LogP contribution in [0.5, 0.6) is 0 Å². The fraction of sp³-hybridized carbons (Fsp3) is 0.677. The van der Waals surface area contributed by atoms with Crippen LogP contribution in [0, 0.1) is 23.7 Å². The monoisotopic (exact) mass is 563 g/mol. The van der Waals surface area contributed by atoms with Gasteiger partial charge >= 0.3 is 0 Å². The third-order valence-corrected chi connectivity index (χ3v) is 9.21. The summed E-state index contributed by atoms with van der Waals surface area (Å²) < 4.78 is 28.5. The number of hydrogen-bond acceptors (Lipinski definition) is 3. The predicted molar refractivity (Wildman–Crippen MR) is 152 cm³/mol. The number of allylic oxidation sites excluding steroid dienone is 7. The minimum atomic E-state index is -1.44. The normalized spacial score (nSPS) is 29.0. The maximum atomic E-state index is 14.9. The zero-order valence-electron chi connectivity index (χ0n) is 23.5. The fourth-order valence-electron chi connectivity index (χ4n) is 6.45. The van der Waals surface area contributed by atoms with Gasteiger partial charge in [0.15, 0.2) is 0 Å². The Morgan fingerprint density at radius 1 is 1.13 bits per heavy atom. The summed E-state index contributed by atoms with van der Waals surface area (Å²) >= 11 is 6.17. The Morgan fingerprint density at radius 3 is 2.51 bits per heavy atom. The zero-order chi connectivity index (χ0) is 28.2. The molecule has 1 saturated heterocycles. The van der Waals surface area contributed by atoms with E-state index in [9.17, 15) is 18.4 Å². The SMILES string of the molecule is CC(C)(C)N1C[C@@H](C(=O)NCCCC(NC(=O)C2CCCC2)C2=CC=C(Cl)CC2)[C@H](C2C=CC(F)=CC2F)C1. The van der Waals surface area contributed by atoms with Gasteiger partial charge in [0.1, 0.15) is 12.0 Å². The van der Waals surface area contributed by atoms with Crippen LogP contribution in [0.25, 0.3) is 0 Å². The summed E-state index contributed by atoms with van der Waals surface area (Å²) in [7, 11) is 0. The first-order chi connectivity index (χ1) is 18.5. The van der Waals surface area contributed by atoms with Gasteiger partial charge in [-0.25, -0.2) is 8.78 Å². The van der Waals surface area contributed by atoms with E-state index in [1.165, 1.54) is 11.6 Å². The molecular weight excluding hydrogens is 520 g/mol. The van der Waals surface area contributed by atoms with Crippen molar-refractivity contribution >= 4 is 23.4 Å². The molecule has 5 nitrogen and oxygen atoms in total.